The summed E-state index contributed by atoms with van der Waals surface area (Å²) in [5, 5.41) is 14.9. The lowest BCUT2D eigenvalue weighted by Crippen LogP contribution is -2.19. The molecular weight excluding hydrogens is 450 g/mol. The van der Waals surface area contributed by atoms with E-state index in [-0.39, 0.29) is 18.3 Å². The van der Waals surface area contributed by atoms with E-state index in [1.54, 1.807) is 4.52 Å². The molecule has 0 radical (unpaired) electrons. The third-order valence-electron chi connectivity index (χ3n) is 7.59. The molecule has 0 saturated heterocycles. The van der Waals surface area contributed by atoms with E-state index in [0.29, 0.717) is 5.82 Å². The zero-order valence-corrected chi connectivity index (χ0v) is 20.1. The Bertz CT molecular complexity index is 1530. The highest BCUT2D eigenvalue weighted by molar-refractivity contribution is 5.89. The Balaban J connectivity index is 1.47. The Morgan fingerprint density at radius 3 is 2.72 bits per heavy atom. The van der Waals surface area contributed by atoms with Gasteiger partial charge in [-0.25, -0.2) is 4.98 Å². The molecule has 1 saturated carbocycles. The van der Waals surface area contributed by atoms with E-state index >= 15 is 0 Å². The molecule has 1 aromatic carbocycles. The number of fused-ring (bicyclic) bond motifs is 2. The number of aliphatic carboxylic acids is 1. The quantitative estimate of drug-likeness (QED) is 0.363. The van der Waals surface area contributed by atoms with Crippen LogP contribution in [0.2, 0.25) is 0 Å². The van der Waals surface area contributed by atoms with E-state index in [0.717, 1.165) is 83.0 Å². The topological polar surface area (TPSA) is 106 Å². The van der Waals surface area contributed by atoms with Gasteiger partial charge in [0.15, 0.2) is 5.65 Å². The number of anilines is 1. The van der Waals surface area contributed by atoms with Crippen molar-refractivity contribution in [2.45, 2.75) is 50.9 Å². The number of rotatable bonds is 5. The van der Waals surface area contributed by atoms with Crippen LogP contribution in [0.25, 0.3) is 33.3 Å². The number of benzene rings is 1. The second-order valence-electron chi connectivity index (χ2n) is 9.92. The summed E-state index contributed by atoms with van der Waals surface area (Å²) in [5.74, 6) is 0.339. The van der Waals surface area contributed by atoms with Crippen LogP contribution in [0.4, 0.5) is 5.82 Å². The molecule has 0 aliphatic heterocycles. The maximum Gasteiger partial charge on any atom is 0.303 e. The lowest BCUT2D eigenvalue weighted by Gasteiger charge is -2.29. The molecule has 2 aliphatic rings. The first kappa shape index (κ1) is 22.5. The van der Waals surface area contributed by atoms with Gasteiger partial charge in [0.25, 0.3) is 0 Å². The van der Waals surface area contributed by atoms with Crippen LogP contribution in [0.15, 0.2) is 61.0 Å². The van der Waals surface area contributed by atoms with Gasteiger partial charge >= 0.3 is 5.97 Å². The lowest BCUT2D eigenvalue weighted by atomic mass is 9.77. The smallest absolute Gasteiger partial charge is 0.303 e. The number of nitrogens with zero attached hydrogens (tertiary/aromatic N) is 4. The summed E-state index contributed by atoms with van der Waals surface area (Å²) < 4.78 is 1.75. The normalized spacial score (nSPS) is 20.1. The van der Waals surface area contributed by atoms with Gasteiger partial charge in [0.05, 0.1) is 17.4 Å². The number of allylic oxidation sites excluding steroid dienone is 4. The van der Waals surface area contributed by atoms with E-state index in [4.69, 9.17) is 10.7 Å². The number of carbonyl (C=O) groups is 1. The zero-order valence-electron chi connectivity index (χ0n) is 20.1. The molecule has 7 heteroatoms. The molecule has 182 valence electrons. The molecule has 0 unspecified atom stereocenters. The number of nitrogen functional groups attached to an aromatic ring is 1. The Labute approximate surface area is 209 Å². The van der Waals surface area contributed by atoms with E-state index in [1.807, 2.05) is 30.6 Å². The first-order valence-corrected chi connectivity index (χ1v) is 12.7. The predicted molar refractivity (Wildman–Crippen MR) is 141 cm³/mol. The fourth-order valence-electron chi connectivity index (χ4n) is 5.73. The molecule has 4 aromatic rings. The Kier molecular flexibility index (Phi) is 5.76. The van der Waals surface area contributed by atoms with Crippen molar-refractivity contribution in [3.8, 4) is 11.1 Å². The molecule has 7 nitrogen and oxygen atoms in total. The maximum absolute atomic E-state index is 11.2. The molecule has 36 heavy (non-hydrogen) atoms. The molecule has 1 fully saturated rings. The van der Waals surface area contributed by atoms with E-state index in [1.165, 1.54) is 0 Å². The van der Waals surface area contributed by atoms with Gasteiger partial charge in [-0.05, 0) is 62.1 Å². The Morgan fingerprint density at radius 2 is 1.94 bits per heavy atom. The van der Waals surface area contributed by atoms with Crippen LogP contribution < -0.4 is 5.73 Å². The van der Waals surface area contributed by atoms with Crippen molar-refractivity contribution in [3.05, 3.63) is 72.2 Å². The second kappa shape index (κ2) is 9.22. The minimum absolute atomic E-state index is 0.228. The molecule has 0 bridgehead atoms. The van der Waals surface area contributed by atoms with Gasteiger partial charge in [-0.1, -0.05) is 36.4 Å². The summed E-state index contributed by atoms with van der Waals surface area (Å²) >= 11 is 0. The van der Waals surface area contributed by atoms with Gasteiger partial charge in [0.2, 0.25) is 0 Å². The van der Waals surface area contributed by atoms with Gasteiger partial charge in [-0.3, -0.25) is 9.78 Å². The highest BCUT2D eigenvalue weighted by Gasteiger charge is 2.30. The third-order valence-corrected chi connectivity index (χ3v) is 7.59. The van der Waals surface area contributed by atoms with Crippen molar-refractivity contribution in [2.75, 3.05) is 5.73 Å². The molecule has 0 amide bonds. The van der Waals surface area contributed by atoms with Crippen LogP contribution in [0.5, 0.6) is 0 Å². The van der Waals surface area contributed by atoms with Crippen molar-refractivity contribution in [1.29, 1.82) is 0 Å². The SMILES string of the molecule is Nc1c(C2=CCCC=C2)c(C2CCC(CC(=O)O)CC2)nc2c(-c3cnc4ccccc4c3)cnn12. The fourth-order valence-corrected chi connectivity index (χ4v) is 5.73. The predicted octanol–water partition coefficient (Wildman–Crippen LogP) is 6.01. The van der Waals surface area contributed by atoms with Crippen molar-refractivity contribution < 1.29 is 9.90 Å². The van der Waals surface area contributed by atoms with Gasteiger partial charge in [-0.2, -0.15) is 9.61 Å². The summed E-state index contributed by atoms with van der Waals surface area (Å²) in [6.07, 6.45) is 16.1. The standard InChI is InChI=1S/C29H29N5O2/c30-28-26(19-6-2-1-3-7-19)27(20-12-10-18(11-13-20)14-25(35)36)33-29-23(17-32-34(28)29)22-15-21-8-4-5-9-24(21)31-16-22/h2,4-9,15-18,20H,1,3,10-14,30H2,(H,35,36). The molecule has 6 rings (SSSR count). The lowest BCUT2D eigenvalue weighted by molar-refractivity contribution is -0.138. The summed E-state index contributed by atoms with van der Waals surface area (Å²) in [5.41, 5.74) is 13.4. The zero-order chi connectivity index (χ0) is 24.6. The number of hydrogen-bond donors (Lipinski definition) is 2. The van der Waals surface area contributed by atoms with Crippen LogP contribution in [0.3, 0.4) is 0 Å². The van der Waals surface area contributed by atoms with Gasteiger partial charge in [-0.15, -0.1) is 0 Å². The molecule has 0 atom stereocenters. The number of carboxylic acids is 1. The van der Waals surface area contributed by atoms with Crippen molar-refractivity contribution in [3.63, 3.8) is 0 Å². The average molecular weight is 480 g/mol. The summed E-state index contributed by atoms with van der Waals surface area (Å²) in [6, 6.07) is 10.2. The molecule has 3 aromatic heterocycles. The number of para-hydroxylation sites is 1. The van der Waals surface area contributed by atoms with Crippen LogP contribution in [0.1, 0.15) is 62.1 Å². The average Bonchev–Trinajstić information content (AvgIpc) is 3.33. The van der Waals surface area contributed by atoms with Crippen LogP contribution in [0, 0.1) is 5.92 Å². The molecular formula is C29H29N5O2. The largest absolute Gasteiger partial charge is 0.481 e. The minimum atomic E-state index is -0.715. The van der Waals surface area contributed by atoms with Gasteiger partial charge < -0.3 is 10.8 Å². The number of hydrogen-bond acceptors (Lipinski definition) is 5. The molecule has 0 spiro atoms. The first-order chi connectivity index (χ1) is 17.6. The van der Waals surface area contributed by atoms with E-state index in [2.05, 4.69) is 40.4 Å². The van der Waals surface area contributed by atoms with Crippen molar-refractivity contribution in [2.24, 2.45) is 5.92 Å². The maximum atomic E-state index is 11.2. The third kappa shape index (κ3) is 4.04. The summed E-state index contributed by atoms with van der Waals surface area (Å²) in [7, 11) is 0. The van der Waals surface area contributed by atoms with E-state index < -0.39 is 5.97 Å². The van der Waals surface area contributed by atoms with Crippen LogP contribution in [-0.4, -0.2) is 30.7 Å². The number of aromatic nitrogens is 4. The van der Waals surface area contributed by atoms with Gasteiger partial charge in [0, 0.05) is 40.6 Å². The van der Waals surface area contributed by atoms with Gasteiger partial charge in [0.1, 0.15) is 5.82 Å². The number of carboxylic acid groups (broad SMARTS) is 1. The van der Waals surface area contributed by atoms with Crippen molar-refractivity contribution in [1.82, 2.24) is 19.6 Å². The van der Waals surface area contributed by atoms with Crippen LogP contribution >= 0.6 is 0 Å². The first-order valence-electron chi connectivity index (χ1n) is 12.7. The highest BCUT2D eigenvalue weighted by atomic mass is 16.4. The highest BCUT2D eigenvalue weighted by Crippen LogP contribution is 2.42. The number of nitrogens with two attached hydrogens (primary N) is 1. The summed E-state index contributed by atoms with van der Waals surface area (Å²) in [6.45, 7) is 0. The van der Waals surface area contributed by atoms with Crippen molar-refractivity contribution >= 4 is 33.9 Å². The monoisotopic (exact) mass is 479 g/mol. The fraction of sp³-hybridized carbons (Fsp3) is 0.310. The summed E-state index contributed by atoms with van der Waals surface area (Å²) in [4.78, 5) is 21.1. The molecule has 3 heterocycles. The Morgan fingerprint density at radius 1 is 1.11 bits per heavy atom. The number of pyridine rings is 1. The van der Waals surface area contributed by atoms with E-state index in [9.17, 15) is 9.90 Å². The molecule has 3 N–H and O–H groups in total. The Hall–Kier alpha value is -4.00. The minimum Gasteiger partial charge on any atom is -0.481 e. The second-order valence-corrected chi connectivity index (χ2v) is 9.92. The molecule has 2 aliphatic carbocycles. The van der Waals surface area contributed by atoms with Crippen LogP contribution in [-0.2, 0) is 4.79 Å².